The number of aromatic nitrogens is 1. The first-order valence-electron chi connectivity index (χ1n) is 11.0. The molecule has 174 valence electrons. The van der Waals surface area contributed by atoms with E-state index >= 15 is 0 Å². The van der Waals surface area contributed by atoms with Crippen LogP contribution in [0.2, 0.25) is 0 Å². The summed E-state index contributed by atoms with van der Waals surface area (Å²) in [5.41, 5.74) is 3.48. The molecule has 0 bridgehead atoms. The highest BCUT2D eigenvalue weighted by molar-refractivity contribution is 7.13. The molecule has 0 radical (unpaired) electrons. The number of hydrogen-bond acceptors (Lipinski definition) is 6. The van der Waals surface area contributed by atoms with Gasteiger partial charge in [-0.05, 0) is 35.1 Å². The van der Waals surface area contributed by atoms with Gasteiger partial charge in [-0.2, -0.15) is 0 Å². The van der Waals surface area contributed by atoms with Crippen molar-refractivity contribution >= 4 is 29.3 Å². The monoisotopic (exact) mass is 477 g/mol. The van der Waals surface area contributed by atoms with Crippen LogP contribution in [0.4, 0.5) is 4.79 Å². The second-order valence-corrected chi connectivity index (χ2v) is 9.61. The Morgan fingerprint density at radius 3 is 2.32 bits per heavy atom. The zero-order chi connectivity index (χ0) is 23.9. The second-order valence-electron chi connectivity index (χ2n) is 8.50. The molecule has 1 aromatic heterocycles. The number of carbonyl (C=O) groups excluding carboxylic acids is 2. The van der Waals surface area contributed by atoms with Crippen LogP contribution in [0.15, 0.2) is 54.7 Å². The van der Waals surface area contributed by atoms with E-state index in [2.05, 4.69) is 34.6 Å². The number of thiazole rings is 1. The molecule has 2 N–H and O–H groups in total. The lowest BCUT2D eigenvalue weighted by Crippen LogP contribution is -2.44. The van der Waals surface area contributed by atoms with Crippen LogP contribution < -0.4 is 5.32 Å². The van der Waals surface area contributed by atoms with Gasteiger partial charge < -0.3 is 20.1 Å². The number of benzene rings is 2. The van der Waals surface area contributed by atoms with Crippen molar-refractivity contribution in [3.8, 4) is 11.1 Å². The van der Waals surface area contributed by atoms with Crippen LogP contribution in [0.5, 0.6) is 0 Å². The molecule has 0 aliphatic heterocycles. The number of carbonyl (C=O) groups is 3. The number of carboxylic acids is 1. The summed E-state index contributed by atoms with van der Waals surface area (Å²) in [4.78, 5) is 42.3. The molecule has 2 aliphatic rings. The smallest absolute Gasteiger partial charge is 0.407 e. The summed E-state index contributed by atoms with van der Waals surface area (Å²) < 4.78 is 5.52. The van der Waals surface area contributed by atoms with E-state index < -0.39 is 17.6 Å². The number of likely N-dealkylation sites (N-methyl/N-ethyl adjacent to an activating group) is 1. The van der Waals surface area contributed by atoms with E-state index in [9.17, 15) is 19.5 Å². The first-order chi connectivity index (χ1) is 16.4. The van der Waals surface area contributed by atoms with Gasteiger partial charge in [0.05, 0.1) is 12.7 Å². The molecule has 1 saturated carbocycles. The third-order valence-electron chi connectivity index (χ3n) is 6.56. The summed E-state index contributed by atoms with van der Waals surface area (Å²) in [6.45, 7) is 0.325. The maximum Gasteiger partial charge on any atom is 0.407 e. The minimum atomic E-state index is -1.11. The minimum Gasteiger partial charge on any atom is -0.479 e. The Morgan fingerprint density at radius 1 is 1.12 bits per heavy atom. The predicted octanol–water partition coefficient (Wildman–Crippen LogP) is 3.87. The number of alkyl carbamates (subject to hydrolysis) is 1. The van der Waals surface area contributed by atoms with Gasteiger partial charge in [0, 0.05) is 13.0 Å². The van der Waals surface area contributed by atoms with E-state index in [4.69, 9.17) is 4.74 Å². The Bertz CT molecular complexity index is 1240. The molecule has 0 saturated heterocycles. The van der Waals surface area contributed by atoms with E-state index in [0.717, 1.165) is 33.6 Å². The van der Waals surface area contributed by atoms with Crippen LogP contribution in [0.3, 0.4) is 0 Å². The quantitative estimate of drug-likeness (QED) is 0.535. The number of nitrogens with one attached hydrogen (secondary N) is 1. The zero-order valence-electron chi connectivity index (χ0n) is 18.5. The van der Waals surface area contributed by atoms with Crippen LogP contribution in [0.25, 0.3) is 11.1 Å². The number of nitrogens with zero attached hydrogens (tertiary/aromatic N) is 2. The Kier molecular flexibility index (Phi) is 5.57. The Morgan fingerprint density at radius 2 is 1.74 bits per heavy atom. The summed E-state index contributed by atoms with van der Waals surface area (Å²) in [6.07, 6.45) is 1.74. The maximum atomic E-state index is 12.7. The van der Waals surface area contributed by atoms with Crippen molar-refractivity contribution in [1.29, 1.82) is 0 Å². The first-order valence-corrected chi connectivity index (χ1v) is 11.8. The van der Waals surface area contributed by atoms with Gasteiger partial charge in [0.1, 0.15) is 22.0 Å². The molecule has 1 heterocycles. The highest BCUT2D eigenvalue weighted by atomic mass is 32.1. The fourth-order valence-corrected chi connectivity index (χ4v) is 5.29. The number of fused-ring (bicyclic) bond motifs is 3. The van der Waals surface area contributed by atoms with Gasteiger partial charge in [-0.15, -0.1) is 11.3 Å². The van der Waals surface area contributed by atoms with Crippen molar-refractivity contribution in [3.05, 3.63) is 75.7 Å². The topological polar surface area (TPSA) is 109 Å². The van der Waals surface area contributed by atoms with Gasteiger partial charge >= 0.3 is 12.1 Å². The van der Waals surface area contributed by atoms with E-state index in [1.807, 2.05) is 24.3 Å². The Balaban J connectivity index is 1.17. The predicted molar refractivity (Wildman–Crippen MR) is 126 cm³/mol. The van der Waals surface area contributed by atoms with Crippen LogP contribution >= 0.6 is 11.3 Å². The van der Waals surface area contributed by atoms with E-state index in [1.165, 1.54) is 18.1 Å². The van der Waals surface area contributed by atoms with E-state index in [0.29, 0.717) is 22.7 Å². The minimum absolute atomic E-state index is 0.0262. The summed E-state index contributed by atoms with van der Waals surface area (Å²) in [7, 11) is 1.50. The van der Waals surface area contributed by atoms with Gasteiger partial charge in [-0.25, -0.2) is 14.6 Å². The molecule has 2 amide bonds. The number of aliphatic carboxylic acids is 1. The maximum absolute atomic E-state index is 12.7. The molecule has 9 heteroatoms. The molecule has 0 unspecified atom stereocenters. The lowest BCUT2D eigenvalue weighted by atomic mass is 9.98. The van der Waals surface area contributed by atoms with Crippen LogP contribution in [-0.2, 0) is 16.1 Å². The molecular weight excluding hydrogens is 454 g/mol. The third kappa shape index (κ3) is 3.81. The van der Waals surface area contributed by atoms with Gasteiger partial charge in [-0.3, -0.25) is 4.79 Å². The highest BCUT2D eigenvalue weighted by Crippen LogP contribution is 2.44. The molecule has 5 rings (SSSR count). The fraction of sp³-hybridized carbons (Fsp3) is 0.280. The lowest BCUT2D eigenvalue weighted by molar-refractivity contribution is -0.143. The van der Waals surface area contributed by atoms with Crippen molar-refractivity contribution in [3.63, 3.8) is 0 Å². The van der Waals surface area contributed by atoms with E-state index in [1.54, 1.807) is 0 Å². The fourth-order valence-electron chi connectivity index (χ4n) is 4.46. The molecule has 0 spiro atoms. The van der Waals surface area contributed by atoms with E-state index in [-0.39, 0.29) is 25.0 Å². The number of rotatable bonds is 7. The van der Waals surface area contributed by atoms with Gasteiger partial charge in [0.2, 0.25) is 0 Å². The molecule has 8 nitrogen and oxygen atoms in total. The molecule has 3 aromatic rings. The SMILES string of the molecule is CN(C(=O)c1cnc(CNC(=O)OCC2c3ccccc3-c3ccccc32)s1)C1(C(=O)O)CC1. The van der Waals surface area contributed by atoms with Crippen molar-refractivity contribution in [2.75, 3.05) is 13.7 Å². The number of amides is 2. The third-order valence-corrected chi connectivity index (χ3v) is 7.55. The van der Waals surface area contributed by atoms with Gasteiger partial charge in [0.15, 0.2) is 0 Å². The second kappa shape index (κ2) is 8.57. The number of carboxylic acid groups (broad SMARTS) is 1. The summed E-state index contributed by atoms with van der Waals surface area (Å²) >= 11 is 1.13. The van der Waals surface area contributed by atoms with Crippen LogP contribution in [-0.4, -0.2) is 52.2 Å². The van der Waals surface area contributed by atoms with Crippen molar-refractivity contribution in [1.82, 2.24) is 15.2 Å². The van der Waals surface area contributed by atoms with Gasteiger partial charge in [0.25, 0.3) is 5.91 Å². The Labute approximate surface area is 200 Å². The normalized spacial score (nSPS) is 15.2. The Hall–Kier alpha value is -3.72. The standard InChI is InChI=1S/C25H23N3O5S/c1-28(25(10-11-25)23(30)31)22(29)20-12-26-21(34-20)13-27-24(32)33-14-19-17-8-4-2-6-15(17)16-7-3-5-9-18(16)19/h2-9,12,19H,10-11,13-14H2,1H3,(H,27,32)(H,30,31). The molecule has 0 atom stereocenters. The number of ether oxygens (including phenoxy) is 1. The molecular formula is C25H23N3O5S. The average Bonchev–Trinajstić information content (AvgIpc) is 3.43. The summed E-state index contributed by atoms with van der Waals surface area (Å²) in [5, 5.41) is 12.6. The summed E-state index contributed by atoms with van der Waals surface area (Å²) in [6, 6.07) is 16.2. The lowest BCUT2D eigenvalue weighted by Gasteiger charge is -2.23. The molecule has 2 aliphatic carbocycles. The summed E-state index contributed by atoms with van der Waals surface area (Å²) in [5.74, 6) is -1.41. The average molecular weight is 478 g/mol. The van der Waals surface area contributed by atoms with Crippen LogP contribution in [0.1, 0.15) is 44.6 Å². The van der Waals surface area contributed by atoms with Gasteiger partial charge in [-0.1, -0.05) is 48.5 Å². The molecule has 2 aromatic carbocycles. The van der Waals surface area contributed by atoms with Crippen LogP contribution in [0, 0.1) is 0 Å². The number of hydrogen-bond donors (Lipinski definition) is 2. The largest absolute Gasteiger partial charge is 0.479 e. The molecule has 1 fully saturated rings. The van der Waals surface area contributed by atoms with Crippen molar-refractivity contribution < 1.29 is 24.2 Å². The molecule has 34 heavy (non-hydrogen) atoms. The van der Waals surface area contributed by atoms with Crippen molar-refractivity contribution in [2.24, 2.45) is 0 Å². The highest BCUT2D eigenvalue weighted by Gasteiger charge is 2.55. The first kappa shape index (κ1) is 22.1. The van der Waals surface area contributed by atoms with Crippen molar-refractivity contribution in [2.45, 2.75) is 30.8 Å². The zero-order valence-corrected chi connectivity index (χ0v) is 19.3.